The lowest BCUT2D eigenvalue weighted by atomic mass is 10.0. The van der Waals surface area contributed by atoms with E-state index < -0.39 is 5.97 Å². The summed E-state index contributed by atoms with van der Waals surface area (Å²) in [5.41, 5.74) is 2.36. The first kappa shape index (κ1) is 19.7. The van der Waals surface area contributed by atoms with E-state index in [-0.39, 0.29) is 5.91 Å². The fraction of sp³-hybridized carbons (Fsp3) is 0.105. The van der Waals surface area contributed by atoms with Gasteiger partial charge >= 0.3 is 5.97 Å². The Hall–Kier alpha value is -2.03. The lowest BCUT2D eigenvalue weighted by Crippen LogP contribution is -2.14. The monoisotopic (exact) mass is 508 g/mol. The summed E-state index contributed by atoms with van der Waals surface area (Å²) in [6.45, 7) is 1.91. The Morgan fingerprint density at radius 3 is 2.44 bits per heavy atom. The number of hydrogen-bond acceptors (Lipinski definition) is 5. The molecule has 27 heavy (non-hydrogen) atoms. The van der Waals surface area contributed by atoms with Crippen LogP contribution in [0.2, 0.25) is 0 Å². The molecule has 3 aromatic rings. The van der Waals surface area contributed by atoms with Crippen molar-refractivity contribution >= 4 is 60.1 Å². The molecule has 0 saturated carbocycles. The number of nitrogens with one attached hydrogen (secondary N) is 1. The van der Waals surface area contributed by atoms with E-state index in [1.54, 1.807) is 12.3 Å². The van der Waals surface area contributed by atoms with Gasteiger partial charge in [-0.3, -0.25) is 9.78 Å². The van der Waals surface area contributed by atoms with Crippen LogP contribution in [0.4, 0.5) is 5.00 Å². The maximum absolute atomic E-state index is 12.6. The zero-order valence-electron chi connectivity index (χ0n) is 14.4. The number of esters is 1. The van der Waals surface area contributed by atoms with E-state index in [1.165, 1.54) is 24.6 Å². The van der Waals surface area contributed by atoms with Crippen LogP contribution < -0.4 is 5.32 Å². The molecule has 5 nitrogen and oxygen atoms in total. The molecule has 138 valence electrons. The first-order valence-corrected chi connectivity index (χ1v) is 10.2. The number of hydrogen-bond donors (Lipinski definition) is 1. The maximum Gasteiger partial charge on any atom is 0.341 e. The van der Waals surface area contributed by atoms with Gasteiger partial charge in [0, 0.05) is 31.8 Å². The quantitative estimate of drug-likeness (QED) is 0.459. The third-order valence-corrected chi connectivity index (χ3v) is 5.78. The smallest absolute Gasteiger partial charge is 0.341 e. The zero-order chi connectivity index (χ0) is 19.6. The summed E-state index contributed by atoms with van der Waals surface area (Å²) >= 11 is 8.04. The van der Waals surface area contributed by atoms with Crippen molar-refractivity contribution in [1.29, 1.82) is 0 Å². The van der Waals surface area contributed by atoms with Crippen molar-refractivity contribution in [3.63, 3.8) is 0 Å². The molecule has 0 unspecified atom stereocenters. The number of aryl methyl sites for hydroxylation is 1. The number of carbonyl (C=O) groups excluding carboxylic acids is 2. The number of aromatic nitrogens is 1. The fourth-order valence-electron chi connectivity index (χ4n) is 2.61. The number of rotatable bonds is 4. The Kier molecular flexibility index (Phi) is 6.08. The number of thiophene rings is 1. The molecule has 1 N–H and O–H groups in total. The second-order valence-electron chi connectivity index (χ2n) is 5.58. The normalized spacial score (nSPS) is 10.5. The molecule has 0 spiro atoms. The molecule has 0 radical (unpaired) electrons. The summed E-state index contributed by atoms with van der Waals surface area (Å²) in [7, 11) is 1.32. The highest BCUT2D eigenvalue weighted by molar-refractivity contribution is 9.10. The van der Waals surface area contributed by atoms with Crippen LogP contribution in [-0.2, 0) is 4.74 Å². The molecule has 0 bridgehead atoms. The lowest BCUT2D eigenvalue weighted by Gasteiger charge is -2.08. The number of methoxy groups -OCH3 is 1. The van der Waals surface area contributed by atoms with Gasteiger partial charge in [-0.05, 0) is 46.6 Å². The van der Waals surface area contributed by atoms with Gasteiger partial charge in [0.25, 0.3) is 5.91 Å². The van der Waals surface area contributed by atoms with Crippen molar-refractivity contribution in [2.75, 3.05) is 12.4 Å². The van der Waals surface area contributed by atoms with Crippen molar-refractivity contribution < 1.29 is 14.3 Å². The van der Waals surface area contributed by atoms with Gasteiger partial charge in [0.15, 0.2) is 0 Å². The second-order valence-corrected chi connectivity index (χ2v) is 8.64. The van der Waals surface area contributed by atoms with Crippen LogP contribution in [0.15, 0.2) is 51.7 Å². The molecule has 8 heteroatoms. The minimum absolute atomic E-state index is 0.346. The van der Waals surface area contributed by atoms with Gasteiger partial charge < -0.3 is 10.1 Å². The van der Waals surface area contributed by atoms with Gasteiger partial charge in [-0.25, -0.2) is 4.79 Å². The zero-order valence-corrected chi connectivity index (χ0v) is 18.4. The van der Waals surface area contributed by atoms with Gasteiger partial charge in [-0.15, -0.1) is 11.3 Å². The molecule has 1 aromatic carbocycles. The van der Waals surface area contributed by atoms with Gasteiger partial charge in [0.1, 0.15) is 10.6 Å². The number of carbonyl (C=O) groups is 2. The van der Waals surface area contributed by atoms with E-state index in [2.05, 4.69) is 42.2 Å². The Labute approximate surface area is 177 Å². The molecular formula is C19H14Br2N2O3S. The minimum Gasteiger partial charge on any atom is -0.465 e. The molecule has 2 heterocycles. The molecule has 0 aliphatic heterocycles. The average Bonchev–Trinajstić information content (AvgIpc) is 2.97. The number of nitrogens with zero attached hydrogens (tertiary/aromatic N) is 1. The van der Waals surface area contributed by atoms with Crippen LogP contribution >= 0.6 is 43.2 Å². The highest BCUT2D eigenvalue weighted by atomic mass is 79.9. The van der Waals surface area contributed by atoms with Crippen molar-refractivity contribution in [2.45, 2.75) is 6.92 Å². The molecule has 0 fully saturated rings. The SMILES string of the molecule is COC(=O)c1c(NC(=O)c2cncc(Br)c2)sc(C)c1-c1ccc(Br)cc1. The third-order valence-electron chi connectivity index (χ3n) is 3.80. The van der Waals surface area contributed by atoms with E-state index in [0.717, 1.165) is 20.5 Å². The molecule has 0 aliphatic rings. The minimum atomic E-state index is -0.500. The van der Waals surface area contributed by atoms with Crippen LogP contribution in [0.1, 0.15) is 25.6 Å². The fourth-order valence-corrected chi connectivity index (χ4v) is 4.29. The molecule has 3 rings (SSSR count). The highest BCUT2D eigenvalue weighted by Crippen LogP contribution is 2.40. The number of pyridine rings is 1. The van der Waals surface area contributed by atoms with Crippen LogP contribution in [0.25, 0.3) is 11.1 Å². The molecule has 0 aliphatic carbocycles. The Morgan fingerprint density at radius 2 is 1.81 bits per heavy atom. The molecule has 1 amide bonds. The average molecular weight is 510 g/mol. The number of anilines is 1. The van der Waals surface area contributed by atoms with Gasteiger partial charge in [-0.2, -0.15) is 0 Å². The summed E-state index contributed by atoms with van der Waals surface area (Å²) in [4.78, 5) is 30.0. The second kappa shape index (κ2) is 8.33. The van der Waals surface area contributed by atoms with E-state index >= 15 is 0 Å². The highest BCUT2D eigenvalue weighted by Gasteiger charge is 2.25. The number of amides is 1. The summed E-state index contributed by atoms with van der Waals surface area (Å²) in [5, 5.41) is 3.27. The topological polar surface area (TPSA) is 68.3 Å². The van der Waals surface area contributed by atoms with Crippen LogP contribution in [0.5, 0.6) is 0 Å². The van der Waals surface area contributed by atoms with E-state index in [4.69, 9.17) is 4.74 Å². The van der Waals surface area contributed by atoms with Crippen LogP contribution in [-0.4, -0.2) is 24.0 Å². The Morgan fingerprint density at radius 1 is 1.11 bits per heavy atom. The first-order valence-electron chi connectivity index (χ1n) is 7.80. The number of halogens is 2. The number of benzene rings is 1. The van der Waals surface area contributed by atoms with E-state index in [9.17, 15) is 9.59 Å². The third kappa shape index (κ3) is 4.28. The van der Waals surface area contributed by atoms with Crippen molar-refractivity contribution in [3.05, 3.63) is 67.7 Å². The van der Waals surface area contributed by atoms with Gasteiger partial charge in [-0.1, -0.05) is 28.1 Å². The molecule has 0 saturated heterocycles. The van der Waals surface area contributed by atoms with Gasteiger partial charge in [0.2, 0.25) is 0 Å². The Bertz CT molecular complexity index is 1020. The van der Waals surface area contributed by atoms with Crippen molar-refractivity contribution in [3.8, 4) is 11.1 Å². The van der Waals surface area contributed by atoms with Crippen molar-refractivity contribution in [2.24, 2.45) is 0 Å². The summed E-state index contributed by atoms with van der Waals surface area (Å²) in [5.74, 6) is -0.850. The van der Waals surface area contributed by atoms with Crippen LogP contribution in [0.3, 0.4) is 0 Å². The van der Waals surface area contributed by atoms with E-state index in [0.29, 0.717) is 20.6 Å². The van der Waals surface area contributed by atoms with Crippen molar-refractivity contribution in [1.82, 2.24) is 4.98 Å². The standard InChI is InChI=1S/C19H14Br2N2O3S/c1-10-15(11-3-5-13(20)6-4-11)16(19(25)26-2)18(27-10)23-17(24)12-7-14(21)9-22-8-12/h3-9H,1-2H3,(H,23,24). The largest absolute Gasteiger partial charge is 0.465 e. The molecular weight excluding hydrogens is 496 g/mol. The predicted molar refractivity (Wildman–Crippen MR) is 113 cm³/mol. The predicted octanol–water partition coefficient (Wildman–Crippen LogP) is 5.68. The van der Waals surface area contributed by atoms with E-state index in [1.807, 2.05) is 31.2 Å². The summed E-state index contributed by atoms with van der Waals surface area (Å²) < 4.78 is 6.60. The number of ether oxygens (including phenoxy) is 1. The first-order chi connectivity index (χ1) is 12.9. The van der Waals surface area contributed by atoms with Gasteiger partial charge in [0.05, 0.1) is 12.7 Å². The Balaban J connectivity index is 2.05. The lowest BCUT2D eigenvalue weighted by molar-refractivity contribution is 0.0603. The maximum atomic E-state index is 12.6. The summed E-state index contributed by atoms with van der Waals surface area (Å²) in [6, 6.07) is 9.29. The molecule has 2 aromatic heterocycles. The van der Waals surface area contributed by atoms with Crippen LogP contribution in [0, 0.1) is 6.92 Å². The summed E-state index contributed by atoms with van der Waals surface area (Å²) in [6.07, 6.45) is 3.06. The molecule has 0 atom stereocenters.